The third kappa shape index (κ3) is 4.23. The number of pyridine rings is 1. The van der Waals surface area contributed by atoms with Gasteiger partial charge in [0.1, 0.15) is 12.0 Å². The Bertz CT molecular complexity index is 872. The van der Waals surface area contributed by atoms with Crippen LogP contribution in [0.2, 0.25) is 0 Å². The van der Waals surface area contributed by atoms with Gasteiger partial charge < -0.3 is 4.74 Å². The van der Waals surface area contributed by atoms with Crippen LogP contribution < -0.4 is 4.74 Å². The molecule has 0 radical (unpaired) electrons. The number of carbonyl (C=O) groups is 1. The first-order valence-electron chi connectivity index (χ1n) is 7.33. The van der Waals surface area contributed by atoms with E-state index in [1.807, 2.05) is 12.1 Å². The highest BCUT2D eigenvalue weighted by molar-refractivity contribution is 5.76. The molecule has 3 rings (SSSR count). The minimum absolute atomic E-state index is 0.281. The molecule has 0 saturated heterocycles. The number of rotatable bonds is 4. The summed E-state index contributed by atoms with van der Waals surface area (Å²) in [5.74, 6) is -0.281. The van der Waals surface area contributed by atoms with Crippen molar-refractivity contribution >= 4 is 6.29 Å². The summed E-state index contributed by atoms with van der Waals surface area (Å²) in [7, 11) is 0. The van der Waals surface area contributed by atoms with Crippen LogP contribution in [0.3, 0.4) is 0 Å². The van der Waals surface area contributed by atoms with Gasteiger partial charge in [-0.05, 0) is 36.4 Å². The lowest BCUT2D eigenvalue weighted by molar-refractivity contribution is -0.274. The van der Waals surface area contributed by atoms with E-state index in [0.29, 0.717) is 22.5 Å². The Morgan fingerprint density at radius 1 is 0.800 bits per heavy atom. The fraction of sp³-hybridized carbons (Fsp3) is 0.0526. The highest BCUT2D eigenvalue weighted by atomic mass is 19.4. The second-order valence-electron chi connectivity index (χ2n) is 5.22. The highest BCUT2D eigenvalue weighted by Gasteiger charge is 2.30. The summed E-state index contributed by atoms with van der Waals surface area (Å²) in [5, 5.41) is 0. The third-order valence-corrected chi connectivity index (χ3v) is 3.48. The SMILES string of the molecule is O=Cc1ccc(-c2cccc(-c3ccc(OC(F)(F)F)cc3)n2)cc1. The van der Waals surface area contributed by atoms with Gasteiger partial charge in [0.2, 0.25) is 0 Å². The molecule has 0 atom stereocenters. The molecule has 25 heavy (non-hydrogen) atoms. The Kier molecular flexibility index (Phi) is 4.52. The second kappa shape index (κ2) is 6.76. The van der Waals surface area contributed by atoms with Gasteiger partial charge in [-0.3, -0.25) is 4.79 Å². The van der Waals surface area contributed by atoms with Crippen LogP contribution in [0, 0.1) is 0 Å². The van der Waals surface area contributed by atoms with Gasteiger partial charge in [-0.2, -0.15) is 0 Å². The first-order valence-corrected chi connectivity index (χ1v) is 7.33. The molecule has 0 bridgehead atoms. The average molecular weight is 343 g/mol. The molecule has 0 aliphatic heterocycles. The van der Waals surface area contributed by atoms with E-state index in [2.05, 4.69) is 9.72 Å². The lowest BCUT2D eigenvalue weighted by Gasteiger charge is -2.09. The molecule has 3 nitrogen and oxygen atoms in total. The van der Waals surface area contributed by atoms with Crippen molar-refractivity contribution in [3.8, 4) is 28.3 Å². The number of ether oxygens (including phenoxy) is 1. The van der Waals surface area contributed by atoms with E-state index in [9.17, 15) is 18.0 Å². The number of nitrogens with zero attached hydrogens (tertiary/aromatic N) is 1. The number of hydrogen-bond acceptors (Lipinski definition) is 3. The van der Waals surface area contributed by atoms with E-state index < -0.39 is 6.36 Å². The Balaban J connectivity index is 1.86. The minimum Gasteiger partial charge on any atom is -0.406 e. The molecule has 0 spiro atoms. The lowest BCUT2D eigenvalue weighted by Crippen LogP contribution is -2.16. The Morgan fingerprint density at radius 3 is 1.80 bits per heavy atom. The molecule has 1 aromatic heterocycles. The van der Waals surface area contributed by atoms with E-state index in [4.69, 9.17) is 0 Å². The van der Waals surface area contributed by atoms with Gasteiger partial charge in [-0.1, -0.05) is 30.3 Å². The third-order valence-electron chi connectivity index (χ3n) is 3.48. The summed E-state index contributed by atoms with van der Waals surface area (Å²) in [6.45, 7) is 0. The predicted molar refractivity (Wildman–Crippen MR) is 87.2 cm³/mol. The molecule has 126 valence electrons. The zero-order chi connectivity index (χ0) is 17.9. The summed E-state index contributed by atoms with van der Waals surface area (Å²) in [6.07, 6.45) is -3.95. The molecule has 0 unspecified atom stereocenters. The summed E-state index contributed by atoms with van der Waals surface area (Å²) in [4.78, 5) is 15.2. The first-order chi connectivity index (χ1) is 11.9. The topological polar surface area (TPSA) is 39.2 Å². The van der Waals surface area contributed by atoms with E-state index in [1.165, 1.54) is 24.3 Å². The molecule has 6 heteroatoms. The fourth-order valence-corrected chi connectivity index (χ4v) is 2.32. The summed E-state index contributed by atoms with van der Waals surface area (Å²) in [5.41, 5.74) is 3.40. The van der Waals surface area contributed by atoms with Crippen molar-refractivity contribution in [3.05, 3.63) is 72.3 Å². The molecule has 0 saturated carbocycles. The summed E-state index contributed by atoms with van der Waals surface area (Å²) in [6, 6.07) is 17.9. The number of carbonyl (C=O) groups excluding carboxylic acids is 1. The molecule has 2 aromatic carbocycles. The molecular weight excluding hydrogens is 331 g/mol. The van der Waals surface area contributed by atoms with Crippen LogP contribution >= 0.6 is 0 Å². The predicted octanol–water partition coefficient (Wildman–Crippen LogP) is 5.13. The molecule has 0 amide bonds. The van der Waals surface area contributed by atoms with Crippen molar-refractivity contribution in [2.24, 2.45) is 0 Å². The lowest BCUT2D eigenvalue weighted by atomic mass is 10.1. The zero-order valence-electron chi connectivity index (χ0n) is 12.8. The minimum atomic E-state index is -4.71. The van der Waals surface area contributed by atoms with Crippen LogP contribution in [0.5, 0.6) is 5.75 Å². The largest absolute Gasteiger partial charge is 0.573 e. The van der Waals surface area contributed by atoms with Gasteiger partial charge in [-0.15, -0.1) is 13.2 Å². The van der Waals surface area contributed by atoms with Crippen molar-refractivity contribution in [1.29, 1.82) is 0 Å². The zero-order valence-corrected chi connectivity index (χ0v) is 12.8. The van der Waals surface area contributed by atoms with Crippen LogP contribution in [-0.2, 0) is 0 Å². The Hall–Kier alpha value is -3.15. The molecular formula is C19H12F3NO2. The summed E-state index contributed by atoms with van der Waals surface area (Å²) >= 11 is 0. The van der Waals surface area contributed by atoms with Gasteiger partial charge >= 0.3 is 6.36 Å². The van der Waals surface area contributed by atoms with Crippen LogP contribution in [-0.4, -0.2) is 17.6 Å². The number of halogens is 3. The number of alkyl halides is 3. The smallest absolute Gasteiger partial charge is 0.406 e. The van der Waals surface area contributed by atoms with E-state index in [-0.39, 0.29) is 5.75 Å². The monoisotopic (exact) mass is 343 g/mol. The van der Waals surface area contributed by atoms with Crippen molar-refractivity contribution in [1.82, 2.24) is 4.98 Å². The summed E-state index contributed by atoms with van der Waals surface area (Å²) < 4.78 is 40.5. The van der Waals surface area contributed by atoms with Crippen LogP contribution in [0.1, 0.15) is 10.4 Å². The van der Waals surface area contributed by atoms with Crippen LogP contribution in [0.4, 0.5) is 13.2 Å². The van der Waals surface area contributed by atoms with Gasteiger partial charge in [0, 0.05) is 16.7 Å². The normalized spacial score (nSPS) is 11.2. The molecule has 3 aromatic rings. The van der Waals surface area contributed by atoms with Crippen molar-refractivity contribution in [3.63, 3.8) is 0 Å². The van der Waals surface area contributed by atoms with Crippen molar-refractivity contribution in [2.75, 3.05) is 0 Å². The molecule has 0 aliphatic rings. The quantitative estimate of drug-likeness (QED) is 0.617. The maximum Gasteiger partial charge on any atom is 0.573 e. The standard InChI is InChI=1S/C19H12F3NO2/c20-19(21,22)25-16-10-8-15(9-11-16)18-3-1-2-17(23-18)14-6-4-13(12-24)5-7-14/h1-12H. The maximum absolute atomic E-state index is 12.2. The van der Waals surface area contributed by atoms with Crippen molar-refractivity contribution in [2.45, 2.75) is 6.36 Å². The van der Waals surface area contributed by atoms with Crippen molar-refractivity contribution < 1.29 is 22.7 Å². The number of aldehydes is 1. The first kappa shape index (κ1) is 16.7. The average Bonchev–Trinajstić information content (AvgIpc) is 2.61. The van der Waals surface area contributed by atoms with Gasteiger partial charge in [0.15, 0.2) is 0 Å². The van der Waals surface area contributed by atoms with E-state index >= 15 is 0 Å². The van der Waals surface area contributed by atoms with Gasteiger partial charge in [0.05, 0.1) is 11.4 Å². The van der Waals surface area contributed by atoms with Crippen LogP contribution in [0.15, 0.2) is 66.7 Å². The molecule has 0 N–H and O–H groups in total. The second-order valence-corrected chi connectivity index (χ2v) is 5.22. The number of benzene rings is 2. The molecule has 0 aliphatic carbocycles. The number of hydrogen-bond donors (Lipinski definition) is 0. The van der Waals surface area contributed by atoms with Crippen LogP contribution in [0.25, 0.3) is 22.5 Å². The van der Waals surface area contributed by atoms with Gasteiger partial charge in [0.25, 0.3) is 0 Å². The maximum atomic E-state index is 12.2. The van der Waals surface area contributed by atoms with E-state index in [0.717, 1.165) is 11.8 Å². The van der Waals surface area contributed by atoms with E-state index in [1.54, 1.807) is 30.3 Å². The van der Waals surface area contributed by atoms with Gasteiger partial charge in [-0.25, -0.2) is 4.98 Å². The number of aromatic nitrogens is 1. The highest BCUT2D eigenvalue weighted by Crippen LogP contribution is 2.27. The fourth-order valence-electron chi connectivity index (χ4n) is 2.32. The molecule has 1 heterocycles. The Morgan fingerprint density at radius 2 is 1.32 bits per heavy atom. The Labute approximate surface area is 141 Å². The molecule has 0 fully saturated rings.